The second-order valence-electron chi connectivity index (χ2n) is 7.05. The van der Waals surface area contributed by atoms with Gasteiger partial charge in [0.1, 0.15) is 5.75 Å². The first kappa shape index (κ1) is 20.2. The minimum Gasteiger partial charge on any atom is -0.497 e. The molecule has 6 nitrogen and oxygen atoms in total. The van der Waals surface area contributed by atoms with Gasteiger partial charge < -0.3 is 20.3 Å². The van der Waals surface area contributed by atoms with Crippen LogP contribution in [-0.4, -0.2) is 45.1 Å². The molecule has 0 bridgehead atoms. The molecule has 1 fully saturated rings. The van der Waals surface area contributed by atoms with Gasteiger partial charge in [-0.1, -0.05) is 25.3 Å². The molecule has 2 rings (SSSR count). The van der Waals surface area contributed by atoms with Crippen molar-refractivity contribution in [1.82, 2.24) is 5.32 Å². The molecule has 0 heterocycles. The zero-order valence-corrected chi connectivity index (χ0v) is 16.0. The van der Waals surface area contributed by atoms with Crippen molar-refractivity contribution in [1.29, 1.82) is 0 Å². The minimum absolute atomic E-state index is 0.0293. The van der Waals surface area contributed by atoms with Gasteiger partial charge in [0.2, 0.25) is 0 Å². The summed E-state index contributed by atoms with van der Waals surface area (Å²) in [5.41, 5.74) is 0.701. The monoisotopic (exact) mass is 362 g/mol. The van der Waals surface area contributed by atoms with Crippen molar-refractivity contribution in [2.45, 2.75) is 39.0 Å². The Morgan fingerprint density at radius 2 is 1.88 bits per heavy atom. The molecule has 0 spiro atoms. The van der Waals surface area contributed by atoms with E-state index in [4.69, 9.17) is 4.74 Å². The first-order valence-electron chi connectivity index (χ1n) is 9.65. The second kappa shape index (κ2) is 10.8. The van der Waals surface area contributed by atoms with Crippen LogP contribution in [0, 0.1) is 5.92 Å². The lowest BCUT2D eigenvalue weighted by Gasteiger charge is -2.22. The molecule has 0 aromatic heterocycles. The smallest absolute Gasteiger partial charge is 0.279 e. The summed E-state index contributed by atoms with van der Waals surface area (Å²) in [5, 5.41) is 5.91. The van der Waals surface area contributed by atoms with E-state index in [0.29, 0.717) is 23.9 Å². The summed E-state index contributed by atoms with van der Waals surface area (Å²) in [4.78, 5) is 25.4. The van der Waals surface area contributed by atoms with Gasteiger partial charge in [-0.2, -0.15) is 0 Å². The molecule has 1 aliphatic carbocycles. The molecule has 144 valence electrons. The van der Waals surface area contributed by atoms with E-state index in [1.165, 1.54) is 32.1 Å². The Morgan fingerprint density at radius 3 is 2.58 bits per heavy atom. The summed E-state index contributed by atoms with van der Waals surface area (Å²) in [6.07, 6.45) is 6.30. The highest BCUT2D eigenvalue weighted by Crippen LogP contribution is 2.22. The fraction of sp³-hybridized carbons (Fsp3) is 0.600. The Labute approximate surface area is 156 Å². The van der Waals surface area contributed by atoms with E-state index >= 15 is 0 Å². The largest absolute Gasteiger partial charge is 0.497 e. The molecule has 1 aromatic carbocycles. The number of methoxy groups -OCH3 is 1. The number of ether oxygens (including phenoxy) is 1. The normalized spacial score (nSPS) is 15.9. The van der Waals surface area contributed by atoms with Crippen LogP contribution < -0.4 is 20.3 Å². The Hall–Kier alpha value is -2.08. The second-order valence-corrected chi connectivity index (χ2v) is 7.05. The summed E-state index contributed by atoms with van der Waals surface area (Å²) in [5.74, 6) is 1.25. The first-order chi connectivity index (χ1) is 12.6. The summed E-state index contributed by atoms with van der Waals surface area (Å²) in [7, 11) is 1.59. The third kappa shape index (κ3) is 7.04. The van der Waals surface area contributed by atoms with Gasteiger partial charge in [-0.15, -0.1) is 0 Å². The van der Waals surface area contributed by atoms with Gasteiger partial charge in [-0.25, -0.2) is 0 Å². The number of carbonyl (C=O) groups is 2. The number of likely N-dealkylation sites (N-methyl/N-ethyl adjacent to an activating group) is 1. The van der Waals surface area contributed by atoms with Gasteiger partial charge in [0.05, 0.1) is 13.7 Å². The van der Waals surface area contributed by atoms with Gasteiger partial charge in [-0.3, -0.25) is 9.59 Å². The Kier molecular flexibility index (Phi) is 8.41. The molecule has 3 N–H and O–H groups in total. The maximum atomic E-state index is 12.3. The number of carbonyl (C=O) groups excluding carboxylic acids is 2. The molecule has 1 atom stereocenters. The van der Waals surface area contributed by atoms with Crippen LogP contribution in [0.5, 0.6) is 5.75 Å². The van der Waals surface area contributed by atoms with Crippen LogP contribution in [0.3, 0.4) is 0 Å². The van der Waals surface area contributed by atoms with Gasteiger partial charge in [-0.05, 0) is 37.8 Å². The molecule has 26 heavy (non-hydrogen) atoms. The highest BCUT2D eigenvalue weighted by Gasteiger charge is 2.19. The van der Waals surface area contributed by atoms with Crippen LogP contribution >= 0.6 is 0 Å². The maximum absolute atomic E-state index is 12.3. The van der Waals surface area contributed by atoms with Crippen molar-refractivity contribution in [2.24, 2.45) is 5.92 Å². The molecule has 2 amide bonds. The number of hydrogen-bond donors (Lipinski definition) is 3. The highest BCUT2D eigenvalue weighted by atomic mass is 16.5. The average Bonchev–Trinajstić information content (AvgIpc) is 2.66. The van der Waals surface area contributed by atoms with Crippen LogP contribution in [0.15, 0.2) is 24.3 Å². The Bertz CT molecular complexity index is 585. The third-order valence-electron chi connectivity index (χ3n) is 4.99. The van der Waals surface area contributed by atoms with Crippen molar-refractivity contribution in [3.05, 3.63) is 24.3 Å². The van der Waals surface area contributed by atoms with Crippen LogP contribution in [0.1, 0.15) is 39.0 Å². The number of hydrogen-bond acceptors (Lipinski definition) is 3. The number of amides is 2. The topological polar surface area (TPSA) is 71.9 Å². The molecular weight excluding hydrogens is 330 g/mol. The highest BCUT2D eigenvalue weighted by molar-refractivity contribution is 5.91. The van der Waals surface area contributed by atoms with Crippen molar-refractivity contribution >= 4 is 17.5 Å². The van der Waals surface area contributed by atoms with E-state index in [9.17, 15) is 9.59 Å². The van der Waals surface area contributed by atoms with Crippen molar-refractivity contribution in [3.63, 3.8) is 0 Å². The molecular formula is C20H32N3O3+. The first-order valence-corrected chi connectivity index (χ1v) is 9.65. The fourth-order valence-corrected chi connectivity index (χ4v) is 3.38. The summed E-state index contributed by atoms with van der Waals surface area (Å²) >= 11 is 0. The molecule has 1 saturated carbocycles. The standard InChI is InChI=1S/C20H31N3O3/c1-3-23(14-19(24)21-13-16-8-5-4-6-9-16)15-20(25)22-17-10-7-11-18(12-17)26-2/h7,10-12,16H,3-6,8-9,13-15H2,1-2H3,(H,21,24)(H,22,25)/p+1. The lowest BCUT2D eigenvalue weighted by Crippen LogP contribution is -3.14. The summed E-state index contributed by atoms with van der Waals surface area (Å²) in [6, 6.07) is 7.26. The van der Waals surface area contributed by atoms with Crippen LogP contribution in [0.2, 0.25) is 0 Å². The van der Waals surface area contributed by atoms with Crippen molar-refractivity contribution < 1.29 is 19.2 Å². The van der Waals surface area contributed by atoms with E-state index in [-0.39, 0.29) is 18.4 Å². The maximum Gasteiger partial charge on any atom is 0.279 e. The number of nitrogens with one attached hydrogen (secondary N) is 3. The zero-order valence-electron chi connectivity index (χ0n) is 16.0. The van der Waals surface area contributed by atoms with Gasteiger partial charge in [0, 0.05) is 18.3 Å². The van der Waals surface area contributed by atoms with Crippen LogP contribution in [0.4, 0.5) is 5.69 Å². The molecule has 1 unspecified atom stereocenters. The summed E-state index contributed by atoms with van der Waals surface area (Å²) in [6.45, 7) is 4.08. The number of rotatable bonds is 9. The fourth-order valence-electron chi connectivity index (χ4n) is 3.38. The molecule has 0 aliphatic heterocycles. The quantitative estimate of drug-likeness (QED) is 0.619. The summed E-state index contributed by atoms with van der Waals surface area (Å²) < 4.78 is 5.16. The third-order valence-corrected chi connectivity index (χ3v) is 4.99. The predicted molar refractivity (Wildman–Crippen MR) is 102 cm³/mol. The number of quaternary nitrogens is 1. The number of benzene rings is 1. The Balaban J connectivity index is 1.74. The lowest BCUT2D eigenvalue weighted by molar-refractivity contribution is -0.881. The Morgan fingerprint density at radius 1 is 1.15 bits per heavy atom. The molecule has 1 aromatic rings. The van der Waals surface area contributed by atoms with E-state index in [0.717, 1.165) is 18.0 Å². The SMILES string of the molecule is CC[NH+](CC(=O)NCC1CCCCC1)CC(=O)Nc1cccc(OC)c1. The minimum atomic E-state index is -0.102. The molecule has 6 heteroatoms. The average molecular weight is 362 g/mol. The van der Waals surface area contributed by atoms with E-state index in [1.54, 1.807) is 13.2 Å². The predicted octanol–water partition coefficient (Wildman–Crippen LogP) is 1.24. The zero-order chi connectivity index (χ0) is 18.8. The van der Waals surface area contributed by atoms with E-state index in [1.807, 2.05) is 25.1 Å². The van der Waals surface area contributed by atoms with Gasteiger partial charge >= 0.3 is 0 Å². The van der Waals surface area contributed by atoms with Gasteiger partial charge in [0.25, 0.3) is 11.8 Å². The number of anilines is 1. The van der Waals surface area contributed by atoms with Crippen molar-refractivity contribution in [2.75, 3.05) is 38.6 Å². The van der Waals surface area contributed by atoms with Crippen molar-refractivity contribution in [3.8, 4) is 5.75 Å². The van der Waals surface area contributed by atoms with E-state index < -0.39 is 0 Å². The van der Waals surface area contributed by atoms with E-state index in [2.05, 4.69) is 10.6 Å². The molecule has 0 saturated heterocycles. The molecule has 1 aliphatic rings. The van der Waals surface area contributed by atoms with Crippen LogP contribution in [-0.2, 0) is 9.59 Å². The molecule has 0 radical (unpaired) electrons. The van der Waals surface area contributed by atoms with Crippen LogP contribution in [0.25, 0.3) is 0 Å². The lowest BCUT2D eigenvalue weighted by atomic mass is 9.89. The van der Waals surface area contributed by atoms with Gasteiger partial charge in [0.15, 0.2) is 13.1 Å².